The lowest BCUT2D eigenvalue weighted by atomic mass is 10.1. The van der Waals surface area contributed by atoms with Crippen LogP contribution in [-0.4, -0.2) is 47.3 Å². The maximum atomic E-state index is 12.5. The minimum Gasteiger partial charge on any atom is -0.444 e. The van der Waals surface area contributed by atoms with Crippen LogP contribution < -0.4 is 5.32 Å². The Morgan fingerprint density at radius 1 is 1.32 bits per heavy atom. The van der Waals surface area contributed by atoms with Gasteiger partial charge < -0.3 is 10.1 Å². The average molecular weight is 322 g/mol. The summed E-state index contributed by atoms with van der Waals surface area (Å²) in [6.45, 7) is 9.82. The molecule has 2 aliphatic heterocycles. The molecule has 1 spiro atoms. The molecule has 0 saturated carbocycles. The van der Waals surface area contributed by atoms with Gasteiger partial charge in [-0.2, -0.15) is 17.8 Å². The number of nitrogens with one attached hydrogen (secondary N) is 1. The molecule has 0 radical (unpaired) electrons. The van der Waals surface area contributed by atoms with Crippen LogP contribution in [0.4, 0.5) is 18.0 Å². The molecule has 0 unspecified atom stereocenters. The molecule has 1 N–H and O–H groups in total. The van der Waals surface area contributed by atoms with Gasteiger partial charge in [-0.1, -0.05) is 18.9 Å². The van der Waals surface area contributed by atoms with Crippen molar-refractivity contribution in [2.24, 2.45) is 5.10 Å². The molecule has 0 bridgehead atoms. The Bertz CT molecular complexity index is 473. The normalized spacial score (nSPS) is 26.7. The predicted octanol–water partition coefficient (Wildman–Crippen LogP) is 3.18. The van der Waals surface area contributed by atoms with E-state index in [2.05, 4.69) is 10.4 Å². The Hall–Kier alpha value is -1.57. The van der Waals surface area contributed by atoms with Gasteiger partial charge >= 0.3 is 12.3 Å². The third kappa shape index (κ3) is 4.72. The highest BCUT2D eigenvalue weighted by Crippen LogP contribution is 2.31. The molecule has 126 valence electrons. The topological polar surface area (TPSA) is 50.7 Å². The summed E-state index contributed by atoms with van der Waals surface area (Å²) in [5, 5.41) is 6.27. The molecular weight excluding hydrogens is 299 g/mol. The molecule has 2 aliphatic rings. The molecule has 1 saturated heterocycles. The predicted molar refractivity (Wildman–Crippen MR) is 77.1 cm³/mol. The summed E-state index contributed by atoms with van der Waals surface area (Å²) in [6, 6.07) is -0.231. The van der Waals surface area contributed by atoms with Crippen LogP contribution in [0, 0.1) is 0 Å². The fourth-order valence-electron chi connectivity index (χ4n) is 2.12. The molecular formula is C14H23F3N3O2+. The van der Waals surface area contributed by atoms with Crippen molar-refractivity contribution in [1.29, 1.82) is 0 Å². The molecule has 2 rings (SSSR count). The molecule has 0 aliphatic carbocycles. The summed E-state index contributed by atoms with van der Waals surface area (Å²) in [7, 11) is 0. The van der Waals surface area contributed by atoms with Crippen LogP contribution in [0.25, 0.3) is 0 Å². The highest BCUT2D eigenvalue weighted by Gasteiger charge is 2.51. The number of carbonyl (C=O) groups is 1. The highest BCUT2D eigenvalue weighted by molar-refractivity contribution is 5.99. The molecule has 2 heterocycles. The SMILES string of the molecule is CC.CC(C)(C)OC(=O)NC1C[N+]2(C=CC(C(F)(F)F)=N2)C1. The van der Waals surface area contributed by atoms with Gasteiger partial charge in [-0.25, -0.2) is 4.79 Å². The van der Waals surface area contributed by atoms with E-state index in [0.29, 0.717) is 13.1 Å². The minimum absolute atomic E-state index is 0.116. The lowest BCUT2D eigenvalue weighted by Gasteiger charge is -2.40. The third-order valence-electron chi connectivity index (χ3n) is 2.90. The smallest absolute Gasteiger partial charge is 0.438 e. The lowest BCUT2D eigenvalue weighted by Crippen LogP contribution is -2.65. The van der Waals surface area contributed by atoms with E-state index in [-0.39, 0.29) is 10.6 Å². The third-order valence-corrected chi connectivity index (χ3v) is 2.90. The van der Waals surface area contributed by atoms with Crippen LogP contribution in [0.2, 0.25) is 0 Å². The molecule has 22 heavy (non-hydrogen) atoms. The Labute approximate surface area is 128 Å². The first-order valence-electron chi connectivity index (χ1n) is 7.22. The number of nitrogens with zero attached hydrogens (tertiary/aromatic N) is 2. The number of hydrogen-bond acceptors (Lipinski definition) is 3. The van der Waals surface area contributed by atoms with Crippen molar-refractivity contribution in [3.05, 3.63) is 12.3 Å². The Morgan fingerprint density at radius 2 is 1.86 bits per heavy atom. The maximum absolute atomic E-state index is 12.5. The number of alkyl carbamates (subject to hydrolysis) is 1. The number of halogens is 3. The zero-order valence-corrected chi connectivity index (χ0v) is 13.5. The van der Waals surface area contributed by atoms with E-state index in [9.17, 15) is 18.0 Å². The van der Waals surface area contributed by atoms with Gasteiger partial charge in [0.25, 0.3) is 0 Å². The van der Waals surface area contributed by atoms with Gasteiger partial charge in [-0.15, -0.1) is 0 Å². The zero-order valence-electron chi connectivity index (χ0n) is 13.5. The fraction of sp³-hybridized carbons (Fsp3) is 0.714. The van der Waals surface area contributed by atoms with E-state index in [0.717, 1.165) is 6.08 Å². The van der Waals surface area contributed by atoms with Crippen molar-refractivity contribution in [1.82, 2.24) is 5.32 Å². The summed E-state index contributed by atoms with van der Waals surface area (Å²) < 4.78 is 42.4. The van der Waals surface area contributed by atoms with Crippen molar-refractivity contribution in [3.63, 3.8) is 0 Å². The standard InChI is InChI=1S/C12H16F3N3O2.C2H6/c1-11(2,3)20-10(19)16-8-6-18(7-8)5-4-9(17-18)12(13,14)15;1-2/h4-5,8H,6-7H2,1-3H3;1-2H3/p+1. The number of hydrogen-bond donors (Lipinski definition) is 1. The Kier molecular flexibility index (Phi) is 5.27. The van der Waals surface area contributed by atoms with Crippen LogP contribution in [0.5, 0.6) is 0 Å². The van der Waals surface area contributed by atoms with Crippen molar-refractivity contribution in [2.45, 2.75) is 52.4 Å². The Balaban J connectivity index is 0.00000116. The second-order valence-electron chi connectivity index (χ2n) is 5.99. The van der Waals surface area contributed by atoms with Gasteiger partial charge in [-0.3, -0.25) is 0 Å². The largest absolute Gasteiger partial charge is 0.444 e. The number of quaternary nitrogens is 1. The quantitative estimate of drug-likeness (QED) is 0.754. The van der Waals surface area contributed by atoms with Crippen LogP contribution in [0.15, 0.2) is 17.4 Å². The molecule has 0 aromatic carbocycles. The molecule has 1 amide bonds. The summed E-state index contributed by atoms with van der Waals surface area (Å²) in [6.07, 6.45) is -2.62. The number of amides is 1. The number of allylic oxidation sites excluding steroid dienone is 1. The van der Waals surface area contributed by atoms with Gasteiger partial charge in [0, 0.05) is 6.08 Å². The maximum Gasteiger partial charge on any atom is 0.438 e. The second kappa shape index (κ2) is 6.28. The fourth-order valence-corrected chi connectivity index (χ4v) is 2.12. The lowest BCUT2D eigenvalue weighted by molar-refractivity contribution is -0.925. The first kappa shape index (κ1) is 18.5. The minimum atomic E-state index is -4.43. The zero-order chi connectivity index (χ0) is 17.2. The second-order valence-corrected chi connectivity index (χ2v) is 5.99. The Morgan fingerprint density at radius 3 is 2.27 bits per heavy atom. The van der Waals surface area contributed by atoms with Crippen molar-refractivity contribution >= 4 is 11.8 Å². The molecule has 8 heteroatoms. The molecule has 0 aromatic rings. The van der Waals surface area contributed by atoms with Crippen molar-refractivity contribution < 1.29 is 27.3 Å². The highest BCUT2D eigenvalue weighted by atomic mass is 19.4. The van der Waals surface area contributed by atoms with Gasteiger partial charge in [-0.05, 0) is 20.8 Å². The van der Waals surface area contributed by atoms with E-state index >= 15 is 0 Å². The molecule has 0 atom stereocenters. The summed E-state index contributed by atoms with van der Waals surface area (Å²) in [5.74, 6) is 0. The van der Waals surface area contributed by atoms with Gasteiger partial charge in [0.05, 0.1) is 0 Å². The van der Waals surface area contributed by atoms with Crippen molar-refractivity contribution in [3.8, 4) is 0 Å². The van der Waals surface area contributed by atoms with Gasteiger partial charge in [0.1, 0.15) is 30.9 Å². The number of alkyl halides is 3. The van der Waals surface area contributed by atoms with E-state index in [1.807, 2.05) is 13.8 Å². The summed E-state index contributed by atoms with van der Waals surface area (Å²) in [4.78, 5) is 11.5. The molecule has 5 nitrogen and oxygen atoms in total. The van der Waals surface area contributed by atoms with E-state index < -0.39 is 23.6 Å². The average Bonchev–Trinajstić information content (AvgIpc) is 2.73. The van der Waals surface area contributed by atoms with Crippen LogP contribution in [-0.2, 0) is 4.74 Å². The molecule has 1 fully saturated rings. The number of carbonyl (C=O) groups excluding carboxylic acids is 1. The van der Waals surface area contributed by atoms with Crippen LogP contribution in [0.3, 0.4) is 0 Å². The van der Waals surface area contributed by atoms with E-state index in [1.165, 1.54) is 6.20 Å². The number of ether oxygens (including phenoxy) is 1. The first-order chi connectivity index (χ1) is 9.99. The number of rotatable bonds is 1. The van der Waals surface area contributed by atoms with E-state index in [4.69, 9.17) is 4.74 Å². The molecule has 0 aromatic heterocycles. The summed E-state index contributed by atoms with van der Waals surface area (Å²) in [5.41, 5.74) is -1.48. The van der Waals surface area contributed by atoms with Crippen LogP contribution >= 0.6 is 0 Å². The monoisotopic (exact) mass is 322 g/mol. The van der Waals surface area contributed by atoms with Crippen molar-refractivity contribution in [2.75, 3.05) is 13.1 Å². The van der Waals surface area contributed by atoms with Crippen LogP contribution in [0.1, 0.15) is 34.6 Å². The summed E-state index contributed by atoms with van der Waals surface area (Å²) >= 11 is 0. The first-order valence-corrected chi connectivity index (χ1v) is 7.22. The van der Waals surface area contributed by atoms with E-state index in [1.54, 1.807) is 20.8 Å². The van der Waals surface area contributed by atoms with Gasteiger partial charge in [0.15, 0.2) is 0 Å². The van der Waals surface area contributed by atoms with Gasteiger partial charge in [0.2, 0.25) is 5.71 Å².